The van der Waals surface area contributed by atoms with Crippen LogP contribution in [0.1, 0.15) is 0 Å². The fourth-order valence-corrected chi connectivity index (χ4v) is 2.79. The molecular formula is C16H13F3N2O3S. The van der Waals surface area contributed by atoms with Gasteiger partial charge >= 0.3 is 18.1 Å². The first kappa shape index (κ1) is 17.3. The van der Waals surface area contributed by atoms with E-state index in [1.54, 1.807) is 35.8 Å². The molecule has 0 spiro atoms. The third-order valence-electron chi connectivity index (χ3n) is 3.36. The van der Waals surface area contributed by atoms with Crippen LogP contribution < -0.4 is 20.1 Å². The number of thioether (sulfide) groups is 1. The van der Waals surface area contributed by atoms with Gasteiger partial charge in [-0.1, -0.05) is 24.3 Å². The summed E-state index contributed by atoms with van der Waals surface area (Å²) in [7, 11) is 0. The van der Waals surface area contributed by atoms with E-state index in [4.69, 9.17) is 9.47 Å². The molecule has 0 fully saturated rings. The summed E-state index contributed by atoms with van der Waals surface area (Å²) in [6.07, 6.45) is -3.21. The summed E-state index contributed by atoms with van der Waals surface area (Å²) in [6, 6.07) is 11.3. The van der Waals surface area contributed by atoms with Crippen LogP contribution in [-0.4, -0.2) is 24.4 Å². The molecule has 2 aromatic rings. The molecule has 1 aliphatic rings. The number of para-hydroxylation sites is 3. The average Bonchev–Trinajstić information content (AvgIpc) is 2.94. The van der Waals surface area contributed by atoms with E-state index in [0.717, 1.165) is 0 Å². The molecule has 0 aliphatic carbocycles. The lowest BCUT2D eigenvalue weighted by Gasteiger charge is -2.29. The van der Waals surface area contributed by atoms with E-state index in [9.17, 15) is 18.0 Å². The molecule has 5 nitrogen and oxygen atoms in total. The van der Waals surface area contributed by atoms with E-state index >= 15 is 0 Å². The number of nitrogens with one attached hydrogen (secondary N) is 2. The molecule has 2 N–H and O–H groups in total. The number of ether oxygens (including phenoxy) is 2. The van der Waals surface area contributed by atoms with Crippen LogP contribution in [0, 0.1) is 0 Å². The fourth-order valence-electron chi connectivity index (χ4n) is 2.24. The van der Waals surface area contributed by atoms with Crippen molar-refractivity contribution in [3.8, 4) is 11.5 Å². The highest BCUT2D eigenvalue weighted by Crippen LogP contribution is 2.44. The van der Waals surface area contributed by atoms with Crippen LogP contribution in [-0.2, 0) is 0 Å². The zero-order valence-electron chi connectivity index (χ0n) is 12.9. The standard InChI is InChI=1S/C16H13F3N2O3S/c1-25-13-9-5-2-6-10(13)20-14(22)21-16(15(17,18)19)23-11-7-3-4-8-12(11)24-16/h2-9H,1H3,(H2,20,21,22). The molecule has 1 aliphatic heterocycles. The Bertz CT molecular complexity index is 773. The summed E-state index contributed by atoms with van der Waals surface area (Å²) < 4.78 is 50.4. The number of hydrogen-bond donors (Lipinski definition) is 2. The predicted octanol–water partition coefficient (Wildman–Crippen LogP) is 4.22. The number of halogens is 3. The van der Waals surface area contributed by atoms with E-state index < -0.39 is 18.1 Å². The summed E-state index contributed by atoms with van der Waals surface area (Å²) in [6.45, 7) is 0. The zero-order valence-corrected chi connectivity index (χ0v) is 13.7. The van der Waals surface area contributed by atoms with Gasteiger partial charge in [-0.15, -0.1) is 11.8 Å². The third kappa shape index (κ3) is 3.32. The Morgan fingerprint density at radius 2 is 1.60 bits per heavy atom. The van der Waals surface area contributed by atoms with Gasteiger partial charge in [0.25, 0.3) is 0 Å². The van der Waals surface area contributed by atoms with Gasteiger partial charge in [0, 0.05) is 4.90 Å². The number of amides is 2. The second-order valence-corrected chi connectivity index (χ2v) is 5.89. The minimum atomic E-state index is -5.00. The molecule has 132 valence electrons. The lowest BCUT2D eigenvalue weighted by atomic mass is 10.3. The molecule has 25 heavy (non-hydrogen) atoms. The van der Waals surface area contributed by atoms with Gasteiger partial charge in [0.05, 0.1) is 5.69 Å². The topological polar surface area (TPSA) is 59.6 Å². The monoisotopic (exact) mass is 370 g/mol. The second kappa shape index (κ2) is 6.40. The Hall–Kier alpha value is -2.55. The number of fused-ring (bicyclic) bond motifs is 1. The molecule has 0 saturated heterocycles. The zero-order chi connectivity index (χ0) is 18.1. The largest absolute Gasteiger partial charge is 0.492 e. The third-order valence-corrected chi connectivity index (χ3v) is 4.16. The number of urea groups is 1. The van der Waals surface area contributed by atoms with Crippen molar-refractivity contribution >= 4 is 23.5 Å². The highest BCUT2D eigenvalue weighted by molar-refractivity contribution is 7.98. The molecule has 3 rings (SSSR count). The molecule has 0 aromatic heterocycles. The average molecular weight is 370 g/mol. The van der Waals surface area contributed by atoms with E-state index in [1.165, 1.54) is 36.0 Å². The maximum atomic E-state index is 13.5. The Morgan fingerprint density at radius 1 is 1.04 bits per heavy atom. The van der Waals surface area contributed by atoms with Gasteiger partial charge in [-0.05, 0) is 30.5 Å². The van der Waals surface area contributed by atoms with Crippen LogP contribution in [0.5, 0.6) is 11.5 Å². The number of benzene rings is 2. The highest BCUT2D eigenvalue weighted by Gasteiger charge is 2.65. The molecule has 2 amide bonds. The minimum Gasteiger partial charge on any atom is -0.424 e. The van der Waals surface area contributed by atoms with Crippen LogP contribution in [0.4, 0.5) is 23.7 Å². The molecule has 1 heterocycles. The summed E-state index contributed by atoms with van der Waals surface area (Å²) >= 11 is 1.35. The van der Waals surface area contributed by atoms with Crippen LogP contribution in [0.2, 0.25) is 0 Å². The van der Waals surface area contributed by atoms with E-state index in [2.05, 4.69) is 5.32 Å². The highest BCUT2D eigenvalue weighted by atomic mass is 32.2. The molecule has 0 unspecified atom stereocenters. The van der Waals surface area contributed by atoms with Crippen LogP contribution >= 0.6 is 11.8 Å². The molecule has 0 bridgehead atoms. The summed E-state index contributed by atoms with van der Waals surface area (Å²) in [5, 5.41) is 4.13. The minimum absolute atomic E-state index is 0.107. The van der Waals surface area contributed by atoms with Crippen molar-refractivity contribution in [2.24, 2.45) is 0 Å². The van der Waals surface area contributed by atoms with Gasteiger partial charge in [-0.25, -0.2) is 4.79 Å². The van der Waals surface area contributed by atoms with Crippen molar-refractivity contribution in [3.63, 3.8) is 0 Å². The number of alkyl halides is 3. The fraction of sp³-hybridized carbons (Fsp3) is 0.188. The second-order valence-electron chi connectivity index (χ2n) is 5.04. The normalized spacial score (nSPS) is 14.9. The van der Waals surface area contributed by atoms with Gasteiger partial charge in [-0.2, -0.15) is 13.2 Å². The van der Waals surface area contributed by atoms with Crippen molar-refractivity contribution in [2.45, 2.75) is 17.0 Å². The van der Waals surface area contributed by atoms with Crippen LogP contribution in [0.15, 0.2) is 53.4 Å². The quantitative estimate of drug-likeness (QED) is 0.795. The summed E-state index contributed by atoms with van der Waals surface area (Å²) in [4.78, 5) is 12.9. The van der Waals surface area contributed by atoms with Crippen molar-refractivity contribution in [1.29, 1.82) is 0 Å². The first-order valence-electron chi connectivity index (χ1n) is 7.10. The number of carbonyl (C=O) groups excluding carboxylic acids is 1. The predicted molar refractivity (Wildman–Crippen MR) is 86.9 cm³/mol. The van der Waals surface area contributed by atoms with Gasteiger partial charge in [0.15, 0.2) is 11.5 Å². The Morgan fingerprint density at radius 3 is 2.16 bits per heavy atom. The first-order chi connectivity index (χ1) is 11.8. The van der Waals surface area contributed by atoms with E-state index in [1.807, 2.05) is 0 Å². The molecule has 0 atom stereocenters. The van der Waals surface area contributed by atoms with Gasteiger partial charge in [-0.3, -0.25) is 5.32 Å². The van der Waals surface area contributed by atoms with Gasteiger partial charge in [0.1, 0.15) is 0 Å². The smallest absolute Gasteiger partial charge is 0.424 e. The maximum Gasteiger partial charge on any atom is 0.492 e. The number of hydrogen-bond acceptors (Lipinski definition) is 4. The number of carbonyl (C=O) groups is 1. The van der Waals surface area contributed by atoms with Crippen LogP contribution in [0.25, 0.3) is 0 Å². The maximum absolute atomic E-state index is 13.5. The van der Waals surface area contributed by atoms with Crippen molar-refractivity contribution < 1.29 is 27.4 Å². The van der Waals surface area contributed by atoms with Crippen molar-refractivity contribution in [2.75, 3.05) is 11.6 Å². The number of anilines is 1. The summed E-state index contributed by atoms with van der Waals surface area (Å²) in [5.41, 5.74) is 0.375. The summed E-state index contributed by atoms with van der Waals surface area (Å²) in [5.74, 6) is -3.50. The lowest BCUT2D eigenvalue weighted by Crippen LogP contribution is -2.65. The molecule has 9 heteroatoms. The van der Waals surface area contributed by atoms with Crippen molar-refractivity contribution in [3.05, 3.63) is 48.5 Å². The number of rotatable bonds is 3. The van der Waals surface area contributed by atoms with Crippen molar-refractivity contribution in [1.82, 2.24) is 5.32 Å². The molecule has 0 radical (unpaired) electrons. The first-order valence-corrected chi connectivity index (χ1v) is 8.33. The van der Waals surface area contributed by atoms with Gasteiger partial charge in [0.2, 0.25) is 0 Å². The Balaban J connectivity index is 1.82. The lowest BCUT2D eigenvalue weighted by molar-refractivity contribution is -0.317. The van der Waals surface area contributed by atoms with E-state index in [-0.39, 0.29) is 11.5 Å². The SMILES string of the molecule is CSc1ccccc1NC(=O)NC1(C(F)(F)F)Oc2ccccc2O1. The molecule has 2 aromatic carbocycles. The Labute approximate surface area is 145 Å². The van der Waals surface area contributed by atoms with Gasteiger partial charge < -0.3 is 14.8 Å². The van der Waals surface area contributed by atoms with E-state index in [0.29, 0.717) is 10.6 Å². The molecule has 0 saturated carbocycles. The Kier molecular flexibility index (Phi) is 4.42. The van der Waals surface area contributed by atoms with Crippen LogP contribution in [0.3, 0.4) is 0 Å². The molecular weight excluding hydrogens is 357 g/mol.